The van der Waals surface area contributed by atoms with E-state index in [-0.39, 0.29) is 5.91 Å². The van der Waals surface area contributed by atoms with E-state index in [0.29, 0.717) is 5.02 Å². The fourth-order valence-corrected chi connectivity index (χ4v) is 4.05. The molecule has 4 nitrogen and oxygen atoms in total. The van der Waals surface area contributed by atoms with E-state index in [0.717, 1.165) is 43.0 Å². The Morgan fingerprint density at radius 3 is 2.38 bits per heavy atom. The van der Waals surface area contributed by atoms with Crippen LogP contribution in [0.4, 0.5) is 0 Å². The molecule has 2 saturated heterocycles. The minimum atomic E-state index is 0.124. The van der Waals surface area contributed by atoms with Crippen LogP contribution < -0.4 is 0 Å². The molecule has 0 saturated carbocycles. The summed E-state index contributed by atoms with van der Waals surface area (Å²) in [7, 11) is 2.19. The van der Waals surface area contributed by atoms with Gasteiger partial charge < -0.3 is 14.7 Å². The quantitative estimate of drug-likeness (QED) is 0.839. The molecule has 0 aromatic heterocycles. The Balaban J connectivity index is 1.50. The van der Waals surface area contributed by atoms with Crippen molar-refractivity contribution in [3.63, 3.8) is 0 Å². The van der Waals surface area contributed by atoms with Crippen molar-refractivity contribution in [2.45, 2.75) is 19.8 Å². The highest BCUT2D eigenvalue weighted by atomic mass is 35.5. The van der Waals surface area contributed by atoms with Gasteiger partial charge in [0.25, 0.3) is 5.91 Å². The second-order valence-corrected chi connectivity index (χ2v) is 7.79. The van der Waals surface area contributed by atoms with Crippen LogP contribution in [0.3, 0.4) is 0 Å². The van der Waals surface area contributed by atoms with Gasteiger partial charge >= 0.3 is 0 Å². The van der Waals surface area contributed by atoms with Gasteiger partial charge in [-0.1, -0.05) is 11.6 Å². The van der Waals surface area contributed by atoms with E-state index in [4.69, 9.17) is 11.6 Å². The van der Waals surface area contributed by atoms with Crippen LogP contribution >= 0.6 is 11.6 Å². The number of aryl methyl sites for hydroxylation is 1. The van der Waals surface area contributed by atoms with Gasteiger partial charge in [-0.2, -0.15) is 0 Å². The minimum absolute atomic E-state index is 0.124. The number of rotatable bonds is 3. The van der Waals surface area contributed by atoms with E-state index in [1.54, 1.807) is 6.07 Å². The van der Waals surface area contributed by atoms with Gasteiger partial charge in [0.1, 0.15) is 0 Å². The molecule has 1 aromatic rings. The van der Waals surface area contributed by atoms with Crippen LogP contribution in [0.1, 0.15) is 28.8 Å². The zero-order valence-electron chi connectivity index (χ0n) is 14.8. The summed E-state index contributed by atoms with van der Waals surface area (Å²) in [5.74, 6) is 0.845. The molecular formula is C19H28ClN3O. The molecule has 0 aliphatic carbocycles. The highest BCUT2D eigenvalue weighted by Crippen LogP contribution is 2.22. The van der Waals surface area contributed by atoms with Gasteiger partial charge in [-0.25, -0.2) is 0 Å². The molecule has 2 fully saturated rings. The van der Waals surface area contributed by atoms with E-state index in [1.165, 1.54) is 32.7 Å². The molecule has 132 valence electrons. The molecule has 0 bridgehead atoms. The van der Waals surface area contributed by atoms with Crippen LogP contribution in [0.15, 0.2) is 18.2 Å². The number of amides is 1. The van der Waals surface area contributed by atoms with Crippen molar-refractivity contribution in [2.75, 3.05) is 52.9 Å². The Kier molecular flexibility index (Phi) is 5.80. The number of carbonyl (C=O) groups excluding carboxylic acids is 1. The summed E-state index contributed by atoms with van der Waals surface area (Å²) in [5, 5.41) is 0.642. The standard InChI is InChI=1S/C19H28ClN3O/c1-15-11-17(13-18(20)12-15)19(24)23-5-3-16(4-6-23)14-22-9-7-21(2)8-10-22/h11-13,16H,3-10,14H2,1-2H3. The van der Waals surface area contributed by atoms with E-state index in [9.17, 15) is 4.79 Å². The highest BCUT2D eigenvalue weighted by Gasteiger charge is 2.26. The summed E-state index contributed by atoms with van der Waals surface area (Å²) >= 11 is 6.10. The Hall–Kier alpha value is -1.10. The topological polar surface area (TPSA) is 26.8 Å². The zero-order valence-corrected chi connectivity index (χ0v) is 15.6. The van der Waals surface area contributed by atoms with E-state index in [1.807, 2.05) is 24.0 Å². The molecule has 0 atom stereocenters. The van der Waals surface area contributed by atoms with Crippen molar-refractivity contribution >= 4 is 17.5 Å². The SMILES string of the molecule is Cc1cc(Cl)cc(C(=O)N2CCC(CN3CCN(C)CC3)CC2)c1. The van der Waals surface area contributed by atoms with Crippen LogP contribution in [0.5, 0.6) is 0 Å². The number of likely N-dealkylation sites (tertiary alicyclic amines) is 1. The van der Waals surface area contributed by atoms with Crippen molar-refractivity contribution in [3.8, 4) is 0 Å². The fourth-order valence-electron chi connectivity index (χ4n) is 3.76. The van der Waals surface area contributed by atoms with Gasteiger partial charge in [0.05, 0.1) is 0 Å². The zero-order chi connectivity index (χ0) is 17.1. The number of piperidine rings is 1. The summed E-state index contributed by atoms with van der Waals surface area (Å²) in [6.07, 6.45) is 2.22. The molecule has 5 heteroatoms. The van der Waals surface area contributed by atoms with Gasteiger partial charge in [-0.3, -0.25) is 4.79 Å². The molecule has 2 aliphatic heterocycles. The number of nitrogens with zero attached hydrogens (tertiary/aromatic N) is 3. The lowest BCUT2D eigenvalue weighted by Crippen LogP contribution is -2.48. The van der Waals surface area contributed by atoms with E-state index < -0.39 is 0 Å². The van der Waals surface area contributed by atoms with Crippen molar-refractivity contribution < 1.29 is 4.79 Å². The average molecular weight is 350 g/mol. The lowest BCUT2D eigenvalue weighted by Gasteiger charge is -2.38. The van der Waals surface area contributed by atoms with Gasteiger partial charge in [0.2, 0.25) is 0 Å². The second-order valence-electron chi connectivity index (χ2n) is 7.36. The predicted molar refractivity (Wildman–Crippen MR) is 98.8 cm³/mol. The maximum atomic E-state index is 12.7. The molecule has 0 N–H and O–H groups in total. The fraction of sp³-hybridized carbons (Fsp3) is 0.632. The molecule has 2 aliphatic rings. The van der Waals surface area contributed by atoms with Crippen LogP contribution in [-0.4, -0.2) is 73.5 Å². The number of benzene rings is 1. The number of piperazine rings is 1. The van der Waals surface area contributed by atoms with Crippen LogP contribution in [0.2, 0.25) is 5.02 Å². The molecule has 0 spiro atoms. The number of carbonyl (C=O) groups is 1. The van der Waals surface area contributed by atoms with Crippen LogP contribution in [0, 0.1) is 12.8 Å². The smallest absolute Gasteiger partial charge is 0.253 e. The average Bonchev–Trinajstić information content (AvgIpc) is 2.56. The van der Waals surface area contributed by atoms with Gasteiger partial charge in [-0.15, -0.1) is 0 Å². The monoisotopic (exact) mass is 349 g/mol. The molecule has 2 heterocycles. The Morgan fingerprint density at radius 1 is 1.08 bits per heavy atom. The molecule has 3 rings (SSSR count). The first kappa shape index (κ1) is 17.7. The lowest BCUT2D eigenvalue weighted by atomic mass is 9.95. The lowest BCUT2D eigenvalue weighted by molar-refractivity contribution is 0.0643. The molecular weight excluding hydrogens is 322 g/mol. The number of likely N-dealkylation sites (N-methyl/N-ethyl adjacent to an activating group) is 1. The number of hydrogen-bond acceptors (Lipinski definition) is 3. The Bertz CT molecular complexity index is 556. The first-order valence-electron chi connectivity index (χ1n) is 8.98. The summed E-state index contributed by atoms with van der Waals surface area (Å²) in [4.78, 5) is 19.7. The summed E-state index contributed by atoms with van der Waals surface area (Å²) in [5.41, 5.74) is 1.76. The van der Waals surface area contributed by atoms with Gasteiger partial charge in [0.15, 0.2) is 0 Å². The summed E-state index contributed by atoms with van der Waals surface area (Å²) in [6, 6.07) is 5.61. The first-order valence-corrected chi connectivity index (χ1v) is 9.36. The molecule has 1 amide bonds. The largest absolute Gasteiger partial charge is 0.339 e. The third kappa shape index (κ3) is 4.50. The van der Waals surface area contributed by atoms with Crippen molar-refractivity contribution in [3.05, 3.63) is 34.3 Å². The van der Waals surface area contributed by atoms with Crippen molar-refractivity contribution in [1.82, 2.24) is 14.7 Å². The van der Waals surface area contributed by atoms with Crippen LogP contribution in [-0.2, 0) is 0 Å². The maximum absolute atomic E-state index is 12.7. The number of halogens is 1. The van der Waals surface area contributed by atoms with Gasteiger partial charge in [-0.05, 0) is 56.5 Å². The number of hydrogen-bond donors (Lipinski definition) is 0. The maximum Gasteiger partial charge on any atom is 0.253 e. The molecule has 0 unspecified atom stereocenters. The Labute approximate surface area is 150 Å². The molecule has 1 aromatic carbocycles. The summed E-state index contributed by atoms with van der Waals surface area (Å²) in [6.45, 7) is 9.59. The minimum Gasteiger partial charge on any atom is -0.339 e. The van der Waals surface area contributed by atoms with E-state index >= 15 is 0 Å². The third-order valence-electron chi connectivity index (χ3n) is 5.30. The van der Waals surface area contributed by atoms with Gasteiger partial charge in [0, 0.05) is 56.4 Å². The second kappa shape index (κ2) is 7.85. The molecule has 0 radical (unpaired) electrons. The van der Waals surface area contributed by atoms with Crippen molar-refractivity contribution in [2.24, 2.45) is 5.92 Å². The molecule has 24 heavy (non-hydrogen) atoms. The summed E-state index contributed by atoms with van der Waals surface area (Å²) < 4.78 is 0. The van der Waals surface area contributed by atoms with Crippen LogP contribution in [0.25, 0.3) is 0 Å². The third-order valence-corrected chi connectivity index (χ3v) is 5.52. The van der Waals surface area contributed by atoms with E-state index in [2.05, 4.69) is 16.8 Å². The van der Waals surface area contributed by atoms with Crippen molar-refractivity contribution in [1.29, 1.82) is 0 Å². The first-order chi connectivity index (χ1) is 11.5. The normalized spacial score (nSPS) is 21.2. The highest BCUT2D eigenvalue weighted by molar-refractivity contribution is 6.31. The Morgan fingerprint density at radius 2 is 1.75 bits per heavy atom. The predicted octanol–water partition coefficient (Wildman–Crippen LogP) is 2.75.